The highest BCUT2D eigenvalue weighted by Gasteiger charge is 2.31. The van der Waals surface area contributed by atoms with Crippen LogP contribution in [0.5, 0.6) is 0 Å². The zero-order valence-corrected chi connectivity index (χ0v) is 16.9. The summed E-state index contributed by atoms with van der Waals surface area (Å²) in [5, 5.41) is 3.69. The summed E-state index contributed by atoms with van der Waals surface area (Å²) in [4.78, 5) is 12.5. The van der Waals surface area contributed by atoms with Crippen molar-refractivity contribution in [3.63, 3.8) is 0 Å². The summed E-state index contributed by atoms with van der Waals surface area (Å²) in [7, 11) is -3.39. The molecule has 0 bridgehead atoms. The van der Waals surface area contributed by atoms with E-state index in [-0.39, 0.29) is 17.6 Å². The number of halogens is 2. The average Bonchev–Trinajstić information content (AvgIpc) is 2.65. The van der Waals surface area contributed by atoms with Gasteiger partial charge in [-0.25, -0.2) is 12.7 Å². The highest BCUT2D eigenvalue weighted by atomic mass is 35.5. The van der Waals surface area contributed by atoms with Gasteiger partial charge in [0.2, 0.25) is 15.9 Å². The summed E-state index contributed by atoms with van der Waals surface area (Å²) in [5.74, 6) is -0.453. The largest absolute Gasteiger partial charge is 0.324 e. The van der Waals surface area contributed by atoms with Gasteiger partial charge in [0.05, 0.1) is 16.5 Å². The number of hydrogen-bond donors (Lipinski definition) is 1. The van der Waals surface area contributed by atoms with Crippen LogP contribution < -0.4 is 5.32 Å². The van der Waals surface area contributed by atoms with E-state index in [2.05, 4.69) is 5.32 Å². The molecule has 27 heavy (non-hydrogen) atoms. The lowest BCUT2D eigenvalue weighted by atomic mass is 9.97. The van der Waals surface area contributed by atoms with Crippen molar-refractivity contribution in [2.75, 3.05) is 18.4 Å². The number of amides is 1. The molecule has 0 aromatic heterocycles. The fraction of sp³-hybridized carbons (Fsp3) is 0.316. The van der Waals surface area contributed by atoms with E-state index >= 15 is 0 Å². The molecule has 1 aliphatic rings. The Bertz CT molecular complexity index is 912. The molecule has 0 unspecified atom stereocenters. The van der Waals surface area contributed by atoms with E-state index in [4.69, 9.17) is 23.2 Å². The molecular weight excluding hydrogens is 407 g/mol. The minimum atomic E-state index is -3.39. The van der Waals surface area contributed by atoms with Gasteiger partial charge in [-0.1, -0.05) is 53.5 Å². The minimum Gasteiger partial charge on any atom is -0.324 e. The van der Waals surface area contributed by atoms with E-state index in [9.17, 15) is 13.2 Å². The second-order valence-corrected chi connectivity index (χ2v) is 9.34. The number of benzene rings is 2. The Balaban J connectivity index is 1.58. The van der Waals surface area contributed by atoms with Crippen LogP contribution >= 0.6 is 23.2 Å². The molecule has 1 N–H and O–H groups in total. The first-order chi connectivity index (χ1) is 12.8. The van der Waals surface area contributed by atoms with Crippen LogP contribution in [0, 0.1) is 5.92 Å². The zero-order chi connectivity index (χ0) is 19.4. The lowest BCUT2D eigenvalue weighted by Crippen LogP contribution is -2.41. The van der Waals surface area contributed by atoms with E-state index in [0.717, 1.165) is 5.56 Å². The number of sulfonamides is 1. The van der Waals surface area contributed by atoms with E-state index < -0.39 is 10.0 Å². The third-order valence-corrected chi connectivity index (χ3v) is 7.01. The van der Waals surface area contributed by atoms with Crippen molar-refractivity contribution in [3.8, 4) is 0 Å². The highest BCUT2D eigenvalue weighted by Crippen LogP contribution is 2.28. The number of carbonyl (C=O) groups excluding carboxylic acids is 1. The fourth-order valence-corrected chi connectivity index (χ4v) is 5.00. The maximum Gasteiger partial charge on any atom is 0.227 e. The summed E-state index contributed by atoms with van der Waals surface area (Å²) in [5.41, 5.74) is 1.22. The summed E-state index contributed by atoms with van der Waals surface area (Å²) in [6.45, 7) is 0.660. The Morgan fingerprint density at radius 3 is 2.41 bits per heavy atom. The summed E-state index contributed by atoms with van der Waals surface area (Å²) in [6.07, 6.45) is 0.941. The number of nitrogens with zero attached hydrogens (tertiary/aromatic N) is 1. The van der Waals surface area contributed by atoms with Gasteiger partial charge in [0.25, 0.3) is 0 Å². The van der Waals surface area contributed by atoms with E-state index in [1.165, 1.54) is 4.31 Å². The average molecular weight is 427 g/mol. The lowest BCUT2D eigenvalue weighted by molar-refractivity contribution is -0.120. The number of rotatable bonds is 5. The molecule has 5 nitrogen and oxygen atoms in total. The first-order valence-electron chi connectivity index (χ1n) is 8.63. The van der Waals surface area contributed by atoms with Crippen LogP contribution in [-0.4, -0.2) is 31.7 Å². The Morgan fingerprint density at radius 2 is 1.74 bits per heavy atom. The van der Waals surface area contributed by atoms with E-state index in [0.29, 0.717) is 41.7 Å². The molecule has 2 aromatic rings. The summed E-state index contributed by atoms with van der Waals surface area (Å²) < 4.78 is 26.7. The molecule has 144 valence electrons. The molecule has 0 atom stereocenters. The molecule has 1 fully saturated rings. The van der Waals surface area contributed by atoms with Gasteiger partial charge in [0, 0.05) is 24.0 Å². The number of nitrogens with one attached hydrogen (secondary N) is 1. The second kappa shape index (κ2) is 8.61. The van der Waals surface area contributed by atoms with Gasteiger partial charge in [-0.15, -0.1) is 0 Å². The van der Waals surface area contributed by atoms with Crippen molar-refractivity contribution in [2.45, 2.75) is 18.6 Å². The lowest BCUT2D eigenvalue weighted by Gasteiger charge is -2.30. The van der Waals surface area contributed by atoms with Crippen LogP contribution in [-0.2, 0) is 20.6 Å². The maximum atomic E-state index is 12.6. The van der Waals surface area contributed by atoms with Crippen LogP contribution in [0.4, 0.5) is 5.69 Å². The van der Waals surface area contributed by atoms with Gasteiger partial charge in [-0.3, -0.25) is 4.79 Å². The topological polar surface area (TPSA) is 66.5 Å². The predicted molar refractivity (Wildman–Crippen MR) is 108 cm³/mol. The van der Waals surface area contributed by atoms with Gasteiger partial charge < -0.3 is 5.32 Å². The Labute approximate surface area is 169 Å². The number of piperidine rings is 1. The molecule has 8 heteroatoms. The molecule has 1 saturated heterocycles. The molecular formula is C19H20Cl2N2O3S. The molecule has 1 heterocycles. The fourth-order valence-electron chi connectivity index (χ4n) is 3.10. The van der Waals surface area contributed by atoms with Gasteiger partial charge in [0.1, 0.15) is 0 Å². The molecule has 1 amide bonds. The molecule has 0 spiro atoms. The maximum absolute atomic E-state index is 12.6. The number of anilines is 1. The van der Waals surface area contributed by atoms with Crippen LogP contribution in [0.25, 0.3) is 0 Å². The molecule has 0 aliphatic carbocycles. The van der Waals surface area contributed by atoms with Crippen molar-refractivity contribution < 1.29 is 13.2 Å². The van der Waals surface area contributed by atoms with Gasteiger partial charge in [-0.05, 0) is 36.6 Å². The van der Waals surface area contributed by atoms with Crippen LogP contribution in [0.1, 0.15) is 18.4 Å². The van der Waals surface area contributed by atoms with Crippen molar-refractivity contribution in [1.82, 2.24) is 4.31 Å². The normalized spacial score (nSPS) is 16.2. The van der Waals surface area contributed by atoms with Crippen molar-refractivity contribution in [3.05, 3.63) is 64.1 Å². The second-order valence-electron chi connectivity index (χ2n) is 6.53. The number of hydrogen-bond acceptors (Lipinski definition) is 3. The van der Waals surface area contributed by atoms with Crippen LogP contribution in [0.3, 0.4) is 0 Å². The molecule has 2 aromatic carbocycles. The van der Waals surface area contributed by atoms with Gasteiger partial charge >= 0.3 is 0 Å². The van der Waals surface area contributed by atoms with Crippen LogP contribution in [0.2, 0.25) is 10.0 Å². The summed E-state index contributed by atoms with van der Waals surface area (Å²) in [6, 6.07) is 14.0. The molecule has 1 aliphatic heterocycles. The number of carbonyl (C=O) groups is 1. The standard InChI is InChI=1S/C19H20Cl2N2O3S/c20-16-6-7-17(21)18(12-16)22-19(24)15-8-10-23(11-9-15)27(25,26)13-14-4-2-1-3-5-14/h1-7,12,15H,8-11,13H2,(H,22,24). The van der Waals surface area contributed by atoms with Crippen molar-refractivity contribution >= 4 is 44.8 Å². The molecule has 3 rings (SSSR count). The predicted octanol–water partition coefficient (Wildman–Crippen LogP) is 4.17. The van der Waals surface area contributed by atoms with Crippen molar-refractivity contribution in [2.24, 2.45) is 5.92 Å². The summed E-state index contributed by atoms with van der Waals surface area (Å²) >= 11 is 12.0. The monoisotopic (exact) mass is 426 g/mol. The third kappa shape index (κ3) is 5.23. The SMILES string of the molecule is O=C(Nc1cc(Cl)ccc1Cl)C1CCN(S(=O)(=O)Cc2ccccc2)CC1. The van der Waals surface area contributed by atoms with Gasteiger partial charge in [-0.2, -0.15) is 0 Å². The quantitative estimate of drug-likeness (QED) is 0.779. The van der Waals surface area contributed by atoms with E-state index in [1.807, 2.05) is 18.2 Å². The molecule has 0 radical (unpaired) electrons. The van der Waals surface area contributed by atoms with E-state index in [1.54, 1.807) is 30.3 Å². The minimum absolute atomic E-state index is 0.0250. The van der Waals surface area contributed by atoms with Crippen molar-refractivity contribution in [1.29, 1.82) is 0 Å². The van der Waals surface area contributed by atoms with Crippen LogP contribution in [0.15, 0.2) is 48.5 Å². The first-order valence-corrected chi connectivity index (χ1v) is 11.0. The zero-order valence-electron chi connectivity index (χ0n) is 14.6. The molecule has 0 saturated carbocycles. The first kappa shape index (κ1) is 20.1. The third-order valence-electron chi connectivity index (χ3n) is 4.60. The highest BCUT2D eigenvalue weighted by molar-refractivity contribution is 7.88. The smallest absolute Gasteiger partial charge is 0.227 e. The Morgan fingerprint density at radius 1 is 1.07 bits per heavy atom. The van der Waals surface area contributed by atoms with Gasteiger partial charge in [0.15, 0.2) is 0 Å². The Kier molecular flexibility index (Phi) is 6.42. The Hall–Kier alpha value is -1.60.